The van der Waals surface area contributed by atoms with Crippen molar-refractivity contribution in [2.45, 2.75) is 59.3 Å². The van der Waals surface area contributed by atoms with Crippen molar-refractivity contribution in [2.75, 3.05) is 0 Å². The maximum Gasteiger partial charge on any atom is 0.138 e. The number of hydrogen-bond acceptors (Lipinski definition) is 1. The highest BCUT2D eigenvalue weighted by Gasteiger charge is 2.26. The van der Waals surface area contributed by atoms with Crippen LogP contribution in [0.25, 0.3) is 0 Å². The summed E-state index contributed by atoms with van der Waals surface area (Å²) in [5.41, 5.74) is 3.01. The van der Waals surface area contributed by atoms with Gasteiger partial charge in [-0.15, -0.1) is 0 Å². The van der Waals surface area contributed by atoms with Gasteiger partial charge in [0.25, 0.3) is 0 Å². The molecule has 0 fully saturated rings. The smallest absolute Gasteiger partial charge is 0.138 e. The molecule has 1 rings (SSSR count). The number of benzene rings is 1. The number of phenols is 1. The fourth-order valence-corrected chi connectivity index (χ4v) is 2.29. The average molecular weight is 255 g/mol. The van der Waals surface area contributed by atoms with Crippen LogP contribution in [0.15, 0.2) is 6.07 Å². The van der Waals surface area contributed by atoms with E-state index in [2.05, 4.69) is 47.6 Å². The molecule has 0 saturated heterocycles. The number of phenolic OH excluding ortho intramolecular Hbond substituents is 1. The van der Waals surface area contributed by atoms with Crippen LogP contribution in [0.2, 0.25) is 5.02 Å². The zero-order valence-electron chi connectivity index (χ0n) is 11.9. The molecule has 0 radical (unpaired) electrons. The van der Waals surface area contributed by atoms with Crippen molar-refractivity contribution in [3.05, 3.63) is 27.8 Å². The zero-order valence-corrected chi connectivity index (χ0v) is 12.7. The summed E-state index contributed by atoms with van der Waals surface area (Å²) in [6.45, 7) is 14.7. The lowest BCUT2D eigenvalue weighted by Crippen LogP contribution is -2.18. The Balaban J connectivity index is 3.63. The molecule has 0 aliphatic heterocycles. The van der Waals surface area contributed by atoms with Crippen molar-refractivity contribution in [1.29, 1.82) is 0 Å². The molecule has 0 bridgehead atoms. The van der Waals surface area contributed by atoms with Crippen molar-refractivity contribution < 1.29 is 5.11 Å². The molecule has 1 aromatic rings. The summed E-state index contributed by atoms with van der Waals surface area (Å²) in [7, 11) is 0. The number of rotatable bonds is 0. The van der Waals surface area contributed by atoms with E-state index in [0.29, 0.717) is 5.02 Å². The van der Waals surface area contributed by atoms with E-state index in [1.165, 1.54) is 5.56 Å². The van der Waals surface area contributed by atoms with Crippen LogP contribution < -0.4 is 0 Å². The standard InChI is InChI=1S/C15H23ClO/c1-9-10(14(2,3)4)8-11(15(5,6)7)13(17)12(9)16/h8,17H,1-7H3. The average Bonchev–Trinajstić information content (AvgIpc) is 2.10. The highest BCUT2D eigenvalue weighted by atomic mass is 35.5. The molecule has 0 amide bonds. The van der Waals surface area contributed by atoms with E-state index in [9.17, 15) is 5.11 Å². The molecule has 96 valence electrons. The molecule has 0 aromatic heterocycles. The predicted octanol–water partition coefficient (Wildman–Crippen LogP) is 4.95. The molecule has 1 nitrogen and oxygen atoms in total. The fraction of sp³-hybridized carbons (Fsp3) is 0.600. The molecule has 0 unspecified atom stereocenters. The van der Waals surface area contributed by atoms with Gasteiger partial charge in [-0.1, -0.05) is 59.2 Å². The SMILES string of the molecule is Cc1c(C(C)(C)C)cc(C(C)(C)C)c(O)c1Cl. The van der Waals surface area contributed by atoms with Gasteiger partial charge in [-0.2, -0.15) is 0 Å². The van der Waals surface area contributed by atoms with Crippen LogP contribution in [0, 0.1) is 6.92 Å². The van der Waals surface area contributed by atoms with Crippen LogP contribution in [0.4, 0.5) is 0 Å². The lowest BCUT2D eigenvalue weighted by atomic mass is 9.78. The molecular weight excluding hydrogens is 232 g/mol. The Bertz CT molecular complexity index is 395. The van der Waals surface area contributed by atoms with Gasteiger partial charge in [0, 0.05) is 5.56 Å². The van der Waals surface area contributed by atoms with Gasteiger partial charge in [0.05, 0.1) is 5.02 Å². The highest BCUT2D eigenvalue weighted by Crippen LogP contribution is 2.42. The van der Waals surface area contributed by atoms with Crippen LogP contribution in [0.5, 0.6) is 5.75 Å². The highest BCUT2D eigenvalue weighted by molar-refractivity contribution is 6.33. The first kappa shape index (κ1) is 14.4. The largest absolute Gasteiger partial charge is 0.506 e. The molecule has 0 heterocycles. The first-order valence-corrected chi connectivity index (χ1v) is 6.37. The predicted molar refractivity (Wildman–Crippen MR) is 75.3 cm³/mol. The Labute approximate surface area is 110 Å². The van der Waals surface area contributed by atoms with Gasteiger partial charge in [0.1, 0.15) is 5.75 Å². The summed E-state index contributed by atoms with van der Waals surface area (Å²) in [4.78, 5) is 0. The number of aromatic hydroxyl groups is 1. The van der Waals surface area contributed by atoms with Crippen molar-refractivity contribution in [3.8, 4) is 5.75 Å². The van der Waals surface area contributed by atoms with Crippen LogP contribution in [-0.4, -0.2) is 5.11 Å². The van der Waals surface area contributed by atoms with E-state index in [-0.39, 0.29) is 16.6 Å². The van der Waals surface area contributed by atoms with Crippen molar-refractivity contribution in [2.24, 2.45) is 0 Å². The molecule has 0 spiro atoms. The van der Waals surface area contributed by atoms with E-state index >= 15 is 0 Å². The van der Waals surface area contributed by atoms with Crippen LogP contribution in [-0.2, 0) is 10.8 Å². The van der Waals surface area contributed by atoms with E-state index in [0.717, 1.165) is 11.1 Å². The van der Waals surface area contributed by atoms with Crippen molar-refractivity contribution in [3.63, 3.8) is 0 Å². The Morgan fingerprint density at radius 2 is 1.35 bits per heavy atom. The fourth-order valence-electron chi connectivity index (χ4n) is 2.09. The second kappa shape index (κ2) is 4.20. The van der Waals surface area contributed by atoms with E-state index < -0.39 is 0 Å². The summed E-state index contributed by atoms with van der Waals surface area (Å²) in [6, 6.07) is 2.09. The second-order valence-corrected chi connectivity index (χ2v) is 7.14. The van der Waals surface area contributed by atoms with Gasteiger partial charge in [0.15, 0.2) is 0 Å². The van der Waals surface area contributed by atoms with Gasteiger partial charge in [-0.3, -0.25) is 0 Å². The normalized spacial score (nSPS) is 12.9. The van der Waals surface area contributed by atoms with E-state index in [1.807, 2.05) is 6.92 Å². The molecule has 0 aliphatic carbocycles. The number of hydrogen-bond donors (Lipinski definition) is 1. The van der Waals surface area contributed by atoms with Gasteiger partial charge < -0.3 is 5.11 Å². The van der Waals surface area contributed by atoms with Gasteiger partial charge in [-0.25, -0.2) is 0 Å². The summed E-state index contributed by atoms with van der Waals surface area (Å²) in [6.07, 6.45) is 0. The Morgan fingerprint density at radius 3 is 1.71 bits per heavy atom. The van der Waals surface area contributed by atoms with Gasteiger partial charge in [-0.05, 0) is 28.9 Å². The maximum absolute atomic E-state index is 10.2. The number of halogens is 1. The minimum absolute atomic E-state index is 0.0292. The quantitative estimate of drug-likeness (QED) is 0.695. The van der Waals surface area contributed by atoms with Gasteiger partial charge in [0.2, 0.25) is 0 Å². The lowest BCUT2D eigenvalue weighted by molar-refractivity contribution is 0.444. The molecule has 1 N–H and O–H groups in total. The van der Waals surface area contributed by atoms with E-state index in [4.69, 9.17) is 11.6 Å². The Morgan fingerprint density at radius 1 is 0.941 bits per heavy atom. The topological polar surface area (TPSA) is 20.2 Å². The second-order valence-electron chi connectivity index (χ2n) is 6.76. The summed E-state index contributed by atoms with van der Waals surface area (Å²) in [5.74, 6) is 0.227. The molecule has 2 heteroatoms. The van der Waals surface area contributed by atoms with Crippen molar-refractivity contribution >= 4 is 11.6 Å². The van der Waals surface area contributed by atoms with Gasteiger partial charge >= 0.3 is 0 Å². The third-order valence-corrected chi connectivity index (χ3v) is 3.56. The third kappa shape index (κ3) is 2.77. The first-order chi connectivity index (χ1) is 7.46. The van der Waals surface area contributed by atoms with E-state index in [1.54, 1.807) is 0 Å². The minimum atomic E-state index is -0.110. The Hall–Kier alpha value is -0.690. The first-order valence-electron chi connectivity index (χ1n) is 5.99. The Kier molecular flexibility index (Phi) is 3.55. The lowest BCUT2D eigenvalue weighted by Gasteiger charge is -2.28. The van der Waals surface area contributed by atoms with Crippen LogP contribution >= 0.6 is 11.6 Å². The molecule has 1 aromatic carbocycles. The summed E-state index contributed by atoms with van der Waals surface area (Å²) in [5, 5.41) is 10.7. The van der Waals surface area contributed by atoms with Crippen LogP contribution in [0.3, 0.4) is 0 Å². The van der Waals surface area contributed by atoms with Crippen LogP contribution in [0.1, 0.15) is 58.2 Å². The maximum atomic E-state index is 10.2. The molecule has 0 aliphatic rings. The minimum Gasteiger partial charge on any atom is -0.506 e. The summed E-state index contributed by atoms with van der Waals surface area (Å²) >= 11 is 6.25. The monoisotopic (exact) mass is 254 g/mol. The van der Waals surface area contributed by atoms with Crippen molar-refractivity contribution in [1.82, 2.24) is 0 Å². The molecule has 0 atom stereocenters. The molecule has 0 saturated carbocycles. The molecular formula is C15H23ClO. The zero-order chi connectivity index (χ0) is 13.6. The molecule has 17 heavy (non-hydrogen) atoms. The third-order valence-electron chi connectivity index (χ3n) is 3.10. The summed E-state index contributed by atoms with van der Waals surface area (Å²) < 4.78 is 0.